The summed E-state index contributed by atoms with van der Waals surface area (Å²) in [5.74, 6) is 2.07. The summed E-state index contributed by atoms with van der Waals surface area (Å²) in [7, 11) is 0. The summed E-state index contributed by atoms with van der Waals surface area (Å²) in [5.41, 5.74) is 1.03. The third-order valence-electron chi connectivity index (χ3n) is 3.77. The van der Waals surface area contributed by atoms with Crippen LogP contribution in [0.25, 0.3) is 11.4 Å². The number of aliphatic hydroxyl groups is 1. The highest BCUT2D eigenvalue weighted by atomic mass is 16.3. The second kappa shape index (κ2) is 6.01. The van der Waals surface area contributed by atoms with Crippen LogP contribution in [0.3, 0.4) is 0 Å². The molecule has 0 bridgehead atoms. The molecule has 1 saturated heterocycles. The topological polar surface area (TPSA) is 49.2 Å². The van der Waals surface area contributed by atoms with E-state index in [1.54, 1.807) is 0 Å². The maximum absolute atomic E-state index is 9.33. The molecule has 2 heterocycles. The van der Waals surface area contributed by atoms with E-state index in [4.69, 9.17) is 0 Å². The van der Waals surface area contributed by atoms with Crippen molar-refractivity contribution in [1.82, 2.24) is 9.97 Å². The van der Waals surface area contributed by atoms with Gasteiger partial charge in [0.2, 0.25) is 0 Å². The molecule has 1 aliphatic rings. The minimum atomic E-state index is 0.257. The van der Waals surface area contributed by atoms with Crippen molar-refractivity contribution >= 4 is 5.82 Å². The number of hydrogen-bond donors (Lipinski definition) is 1. The predicted molar refractivity (Wildman–Crippen MR) is 79.5 cm³/mol. The molecule has 1 atom stereocenters. The third kappa shape index (κ3) is 2.80. The zero-order chi connectivity index (χ0) is 13.8. The molecule has 0 spiro atoms. The minimum Gasteiger partial charge on any atom is -0.396 e. The molecule has 0 aliphatic carbocycles. The number of aromatic nitrogens is 2. The molecule has 4 nitrogen and oxygen atoms in total. The van der Waals surface area contributed by atoms with Crippen molar-refractivity contribution in [2.24, 2.45) is 5.92 Å². The summed E-state index contributed by atoms with van der Waals surface area (Å²) < 4.78 is 0. The van der Waals surface area contributed by atoms with Gasteiger partial charge >= 0.3 is 0 Å². The van der Waals surface area contributed by atoms with Crippen LogP contribution in [0, 0.1) is 5.92 Å². The van der Waals surface area contributed by atoms with E-state index in [1.807, 2.05) is 42.6 Å². The lowest BCUT2D eigenvalue weighted by atomic mass is 9.99. The van der Waals surface area contributed by atoms with Gasteiger partial charge in [0.25, 0.3) is 0 Å². The van der Waals surface area contributed by atoms with Gasteiger partial charge in [0.05, 0.1) is 0 Å². The van der Waals surface area contributed by atoms with Crippen molar-refractivity contribution in [3.63, 3.8) is 0 Å². The Morgan fingerprint density at radius 3 is 2.85 bits per heavy atom. The van der Waals surface area contributed by atoms with Crippen LogP contribution in [0.1, 0.15) is 12.8 Å². The Labute approximate surface area is 119 Å². The van der Waals surface area contributed by atoms with Crippen molar-refractivity contribution < 1.29 is 5.11 Å². The molecule has 0 saturated carbocycles. The lowest BCUT2D eigenvalue weighted by Crippen LogP contribution is -2.37. The lowest BCUT2D eigenvalue weighted by molar-refractivity contribution is 0.208. The van der Waals surface area contributed by atoms with Crippen LogP contribution < -0.4 is 4.90 Å². The Morgan fingerprint density at radius 2 is 2.05 bits per heavy atom. The monoisotopic (exact) mass is 269 g/mol. The highest BCUT2D eigenvalue weighted by Crippen LogP contribution is 2.23. The normalized spacial score (nSPS) is 19.1. The van der Waals surface area contributed by atoms with Crippen LogP contribution in [0.5, 0.6) is 0 Å². The van der Waals surface area contributed by atoms with E-state index in [-0.39, 0.29) is 6.61 Å². The summed E-state index contributed by atoms with van der Waals surface area (Å²) in [4.78, 5) is 11.3. The number of nitrogens with zero attached hydrogens (tertiary/aromatic N) is 3. The van der Waals surface area contributed by atoms with Crippen LogP contribution in [-0.2, 0) is 0 Å². The number of piperidine rings is 1. The van der Waals surface area contributed by atoms with Crippen molar-refractivity contribution in [2.75, 3.05) is 24.6 Å². The molecule has 1 aromatic heterocycles. The Kier molecular flexibility index (Phi) is 3.92. The van der Waals surface area contributed by atoms with E-state index in [2.05, 4.69) is 14.9 Å². The summed E-state index contributed by atoms with van der Waals surface area (Å²) >= 11 is 0. The molecule has 2 aromatic rings. The highest BCUT2D eigenvalue weighted by molar-refractivity contribution is 5.57. The predicted octanol–water partition coefficient (Wildman–Crippen LogP) is 2.35. The number of anilines is 1. The number of rotatable bonds is 3. The smallest absolute Gasteiger partial charge is 0.161 e. The van der Waals surface area contributed by atoms with E-state index in [1.165, 1.54) is 0 Å². The van der Waals surface area contributed by atoms with Crippen LogP contribution in [0.4, 0.5) is 5.82 Å². The van der Waals surface area contributed by atoms with Gasteiger partial charge < -0.3 is 10.0 Å². The van der Waals surface area contributed by atoms with Gasteiger partial charge in [-0.15, -0.1) is 0 Å². The summed E-state index contributed by atoms with van der Waals surface area (Å²) in [5, 5.41) is 9.33. The second-order valence-electron chi connectivity index (χ2n) is 5.24. The SMILES string of the molecule is OC[C@H]1CCCN(c2ccnc(-c3ccccc3)n2)C1. The molecule has 1 fully saturated rings. The molecule has 0 unspecified atom stereocenters. The zero-order valence-corrected chi connectivity index (χ0v) is 11.4. The molecule has 1 N–H and O–H groups in total. The number of aliphatic hydroxyl groups excluding tert-OH is 1. The second-order valence-corrected chi connectivity index (χ2v) is 5.24. The first-order valence-electron chi connectivity index (χ1n) is 7.11. The first-order chi connectivity index (χ1) is 9.86. The first kappa shape index (κ1) is 13.1. The van der Waals surface area contributed by atoms with Gasteiger partial charge in [0, 0.05) is 31.5 Å². The van der Waals surface area contributed by atoms with Gasteiger partial charge in [-0.1, -0.05) is 30.3 Å². The van der Waals surface area contributed by atoms with Crippen molar-refractivity contribution in [3.05, 3.63) is 42.6 Å². The first-order valence-corrected chi connectivity index (χ1v) is 7.11. The Hall–Kier alpha value is -1.94. The zero-order valence-electron chi connectivity index (χ0n) is 11.4. The quantitative estimate of drug-likeness (QED) is 0.929. The van der Waals surface area contributed by atoms with E-state index < -0.39 is 0 Å². The van der Waals surface area contributed by atoms with Gasteiger partial charge in [-0.25, -0.2) is 9.97 Å². The Bertz CT molecular complexity index is 559. The fourth-order valence-electron chi connectivity index (χ4n) is 2.67. The minimum absolute atomic E-state index is 0.257. The molecule has 1 aromatic carbocycles. The average molecular weight is 269 g/mol. The molecule has 3 rings (SSSR count). The van der Waals surface area contributed by atoms with Crippen LogP contribution >= 0.6 is 0 Å². The summed E-state index contributed by atoms with van der Waals surface area (Å²) in [6.45, 7) is 2.14. The van der Waals surface area contributed by atoms with Gasteiger partial charge in [0.1, 0.15) is 5.82 Å². The van der Waals surface area contributed by atoms with Crippen LogP contribution in [-0.4, -0.2) is 34.8 Å². The fraction of sp³-hybridized carbons (Fsp3) is 0.375. The van der Waals surface area contributed by atoms with Crippen LogP contribution in [0.15, 0.2) is 42.6 Å². The molecular formula is C16H19N3O. The van der Waals surface area contributed by atoms with E-state index in [0.717, 1.165) is 43.1 Å². The third-order valence-corrected chi connectivity index (χ3v) is 3.77. The molecular weight excluding hydrogens is 250 g/mol. The maximum atomic E-state index is 9.33. The Morgan fingerprint density at radius 1 is 1.20 bits per heavy atom. The van der Waals surface area contributed by atoms with Gasteiger partial charge in [-0.05, 0) is 24.8 Å². The standard InChI is InChI=1S/C16H19N3O/c20-12-13-5-4-10-19(11-13)15-8-9-17-16(18-15)14-6-2-1-3-7-14/h1-3,6-9,13,20H,4-5,10-12H2/t13-/m0/s1. The van der Waals surface area contributed by atoms with Gasteiger partial charge in [-0.2, -0.15) is 0 Å². The summed E-state index contributed by atoms with van der Waals surface area (Å²) in [6.07, 6.45) is 4.02. The van der Waals surface area contributed by atoms with Gasteiger partial charge in [-0.3, -0.25) is 0 Å². The number of hydrogen-bond acceptors (Lipinski definition) is 4. The number of benzene rings is 1. The largest absolute Gasteiger partial charge is 0.396 e. The molecule has 0 radical (unpaired) electrons. The summed E-state index contributed by atoms with van der Waals surface area (Å²) in [6, 6.07) is 12.0. The van der Waals surface area contributed by atoms with E-state index in [9.17, 15) is 5.11 Å². The van der Waals surface area contributed by atoms with E-state index >= 15 is 0 Å². The van der Waals surface area contributed by atoms with Crippen molar-refractivity contribution in [2.45, 2.75) is 12.8 Å². The molecule has 0 amide bonds. The lowest BCUT2D eigenvalue weighted by Gasteiger charge is -2.32. The molecule has 20 heavy (non-hydrogen) atoms. The van der Waals surface area contributed by atoms with Crippen molar-refractivity contribution in [3.8, 4) is 11.4 Å². The molecule has 4 heteroatoms. The molecule has 104 valence electrons. The van der Waals surface area contributed by atoms with Crippen LogP contribution in [0.2, 0.25) is 0 Å². The van der Waals surface area contributed by atoms with Gasteiger partial charge in [0.15, 0.2) is 5.82 Å². The van der Waals surface area contributed by atoms with E-state index in [0.29, 0.717) is 5.92 Å². The maximum Gasteiger partial charge on any atom is 0.161 e. The average Bonchev–Trinajstić information content (AvgIpc) is 2.56. The van der Waals surface area contributed by atoms with Crippen molar-refractivity contribution in [1.29, 1.82) is 0 Å². The highest BCUT2D eigenvalue weighted by Gasteiger charge is 2.20. The fourth-order valence-corrected chi connectivity index (χ4v) is 2.67. The molecule has 1 aliphatic heterocycles. The Balaban J connectivity index is 1.84.